The summed E-state index contributed by atoms with van der Waals surface area (Å²) in [4.78, 5) is 24.3. The summed E-state index contributed by atoms with van der Waals surface area (Å²) in [5.74, 6) is 0.150. The van der Waals surface area contributed by atoms with Gasteiger partial charge in [0.1, 0.15) is 0 Å². The lowest BCUT2D eigenvalue weighted by Crippen LogP contribution is -2.37. The van der Waals surface area contributed by atoms with E-state index in [9.17, 15) is 4.79 Å². The van der Waals surface area contributed by atoms with E-state index in [1.165, 1.54) is 0 Å². The van der Waals surface area contributed by atoms with Crippen LogP contribution >= 0.6 is 0 Å². The van der Waals surface area contributed by atoms with Gasteiger partial charge in [0, 0.05) is 37.3 Å². The van der Waals surface area contributed by atoms with Gasteiger partial charge in [-0.1, -0.05) is 35.5 Å². The van der Waals surface area contributed by atoms with Crippen molar-refractivity contribution in [3.05, 3.63) is 66.0 Å². The quantitative estimate of drug-likeness (QED) is 0.872. The van der Waals surface area contributed by atoms with Gasteiger partial charge in [-0.05, 0) is 17.7 Å². The van der Waals surface area contributed by atoms with Crippen LogP contribution in [-0.2, 0) is 16.1 Å². The molecule has 1 saturated heterocycles. The van der Waals surface area contributed by atoms with Gasteiger partial charge in [0.2, 0.25) is 5.91 Å². The van der Waals surface area contributed by atoms with E-state index >= 15 is 0 Å². The molecule has 5 nitrogen and oxygen atoms in total. The van der Waals surface area contributed by atoms with Gasteiger partial charge in [-0.2, -0.15) is 0 Å². The molecule has 1 spiro atoms. The fraction of sp³-hybridized carbons (Fsp3) is 0.316. The van der Waals surface area contributed by atoms with Crippen molar-refractivity contribution in [2.45, 2.75) is 24.9 Å². The normalized spacial score (nSPS) is 22.5. The molecule has 5 heteroatoms. The summed E-state index contributed by atoms with van der Waals surface area (Å²) in [7, 11) is 0. The monoisotopic (exact) mass is 321 g/mol. The molecule has 1 amide bonds. The fourth-order valence-corrected chi connectivity index (χ4v) is 3.37. The van der Waals surface area contributed by atoms with Gasteiger partial charge in [0.25, 0.3) is 0 Å². The van der Waals surface area contributed by atoms with Crippen LogP contribution in [0.3, 0.4) is 0 Å². The van der Waals surface area contributed by atoms with Crippen LogP contribution in [-0.4, -0.2) is 40.2 Å². The molecular weight excluding hydrogens is 302 g/mol. The van der Waals surface area contributed by atoms with Crippen LogP contribution in [0.25, 0.3) is 0 Å². The number of rotatable bonds is 3. The zero-order chi connectivity index (χ0) is 16.4. The van der Waals surface area contributed by atoms with Crippen molar-refractivity contribution in [3.8, 4) is 0 Å². The minimum Gasteiger partial charge on any atom is -0.387 e. The molecule has 24 heavy (non-hydrogen) atoms. The van der Waals surface area contributed by atoms with Crippen LogP contribution in [0.5, 0.6) is 0 Å². The highest BCUT2D eigenvalue weighted by atomic mass is 16.7. The van der Waals surface area contributed by atoms with Gasteiger partial charge in [0.15, 0.2) is 5.60 Å². The Morgan fingerprint density at radius 2 is 2.08 bits per heavy atom. The maximum Gasteiger partial charge on any atom is 0.227 e. The van der Waals surface area contributed by atoms with Crippen LogP contribution in [0.2, 0.25) is 0 Å². The lowest BCUT2D eigenvalue weighted by Gasteiger charge is -2.21. The summed E-state index contributed by atoms with van der Waals surface area (Å²) in [5.41, 5.74) is 2.59. The number of amides is 1. The number of pyridine rings is 1. The Morgan fingerprint density at radius 1 is 1.21 bits per heavy atom. The molecule has 1 atom stereocenters. The van der Waals surface area contributed by atoms with E-state index in [4.69, 9.17) is 4.84 Å². The van der Waals surface area contributed by atoms with Crippen LogP contribution in [0.15, 0.2) is 60.0 Å². The highest BCUT2D eigenvalue weighted by molar-refractivity contribution is 6.01. The molecule has 1 fully saturated rings. The van der Waals surface area contributed by atoms with Gasteiger partial charge in [0.05, 0.1) is 18.7 Å². The molecule has 2 aliphatic heterocycles. The van der Waals surface area contributed by atoms with E-state index in [2.05, 4.69) is 10.1 Å². The van der Waals surface area contributed by atoms with E-state index in [0.717, 1.165) is 36.2 Å². The molecule has 2 aromatic rings. The molecule has 0 aliphatic carbocycles. The third kappa shape index (κ3) is 2.89. The van der Waals surface area contributed by atoms with E-state index < -0.39 is 0 Å². The Bertz CT molecular complexity index is 761. The van der Waals surface area contributed by atoms with Crippen LogP contribution < -0.4 is 0 Å². The van der Waals surface area contributed by atoms with Crippen molar-refractivity contribution in [1.82, 2.24) is 9.88 Å². The lowest BCUT2D eigenvalue weighted by molar-refractivity contribution is -0.130. The number of likely N-dealkylation sites (tertiary alicyclic amines) is 1. The molecule has 0 radical (unpaired) electrons. The smallest absolute Gasteiger partial charge is 0.227 e. The predicted molar refractivity (Wildman–Crippen MR) is 90.6 cm³/mol. The topological polar surface area (TPSA) is 54.8 Å². The Balaban J connectivity index is 1.39. The summed E-state index contributed by atoms with van der Waals surface area (Å²) < 4.78 is 0. The molecular formula is C19H19N3O2. The molecule has 3 heterocycles. The predicted octanol–water partition coefficient (Wildman–Crippen LogP) is 2.42. The number of carbonyl (C=O) groups is 1. The first-order valence-electron chi connectivity index (χ1n) is 8.21. The van der Waals surface area contributed by atoms with Crippen molar-refractivity contribution in [1.29, 1.82) is 0 Å². The molecule has 0 saturated carbocycles. The molecule has 0 N–H and O–H groups in total. The molecule has 1 aromatic heterocycles. The highest BCUT2D eigenvalue weighted by Gasteiger charge is 2.46. The molecule has 2 aliphatic rings. The van der Waals surface area contributed by atoms with Crippen molar-refractivity contribution in [3.63, 3.8) is 0 Å². The van der Waals surface area contributed by atoms with Gasteiger partial charge < -0.3 is 9.74 Å². The third-order valence-electron chi connectivity index (χ3n) is 4.70. The fourth-order valence-electron chi connectivity index (χ4n) is 3.37. The van der Waals surface area contributed by atoms with Crippen molar-refractivity contribution in [2.75, 3.05) is 13.1 Å². The second-order valence-corrected chi connectivity index (χ2v) is 6.46. The maximum absolute atomic E-state index is 12.5. The Kier molecular flexibility index (Phi) is 3.76. The summed E-state index contributed by atoms with van der Waals surface area (Å²) in [6.45, 7) is 1.33. The third-order valence-corrected chi connectivity index (χ3v) is 4.70. The number of aromatic nitrogens is 1. The Morgan fingerprint density at radius 3 is 2.88 bits per heavy atom. The van der Waals surface area contributed by atoms with E-state index in [0.29, 0.717) is 13.0 Å². The second-order valence-electron chi connectivity index (χ2n) is 6.46. The second kappa shape index (κ2) is 6.07. The summed E-state index contributed by atoms with van der Waals surface area (Å²) >= 11 is 0. The zero-order valence-corrected chi connectivity index (χ0v) is 13.4. The minimum atomic E-state index is -0.364. The largest absolute Gasteiger partial charge is 0.387 e. The van der Waals surface area contributed by atoms with E-state index in [1.807, 2.05) is 47.4 Å². The Hall–Kier alpha value is -2.69. The SMILES string of the molecule is O=C(Cc1ccccc1)N1CCC2(CC(c3cccnc3)=NO2)C1. The minimum absolute atomic E-state index is 0.150. The van der Waals surface area contributed by atoms with Gasteiger partial charge in [-0.3, -0.25) is 9.78 Å². The summed E-state index contributed by atoms with van der Waals surface area (Å²) in [5, 5.41) is 4.26. The average Bonchev–Trinajstić information content (AvgIpc) is 3.24. The number of hydrogen-bond acceptors (Lipinski definition) is 4. The molecule has 0 bridgehead atoms. The molecule has 4 rings (SSSR count). The average molecular weight is 321 g/mol. The Labute approximate surface area is 141 Å². The standard InChI is InChI=1S/C19H19N3O2/c23-18(11-15-5-2-1-3-6-15)22-10-8-19(14-22)12-17(21-24-19)16-7-4-9-20-13-16/h1-7,9,13H,8,10-12,14H2. The number of carbonyl (C=O) groups excluding carboxylic acids is 1. The zero-order valence-electron chi connectivity index (χ0n) is 13.4. The van der Waals surface area contributed by atoms with Gasteiger partial charge in [-0.25, -0.2) is 0 Å². The summed E-state index contributed by atoms with van der Waals surface area (Å²) in [6.07, 6.45) is 5.53. The molecule has 122 valence electrons. The maximum atomic E-state index is 12.5. The first-order chi connectivity index (χ1) is 11.7. The number of oxime groups is 1. The van der Waals surface area contributed by atoms with Crippen molar-refractivity contribution < 1.29 is 9.63 Å². The molecule has 1 unspecified atom stereocenters. The van der Waals surface area contributed by atoms with Crippen molar-refractivity contribution >= 4 is 11.6 Å². The van der Waals surface area contributed by atoms with Crippen LogP contribution in [0.1, 0.15) is 24.0 Å². The van der Waals surface area contributed by atoms with Crippen molar-refractivity contribution in [2.24, 2.45) is 5.16 Å². The number of benzene rings is 1. The van der Waals surface area contributed by atoms with Gasteiger partial charge in [-0.15, -0.1) is 0 Å². The van der Waals surface area contributed by atoms with Crippen LogP contribution in [0, 0.1) is 0 Å². The highest BCUT2D eigenvalue weighted by Crippen LogP contribution is 2.35. The van der Waals surface area contributed by atoms with Gasteiger partial charge >= 0.3 is 0 Å². The first kappa shape index (κ1) is 14.9. The number of hydrogen-bond donors (Lipinski definition) is 0. The number of nitrogens with zero attached hydrogens (tertiary/aromatic N) is 3. The first-order valence-corrected chi connectivity index (χ1v) is 8.21. The molecule has 1 aromatic carbocycles. The van der Waals surface area contributed by atoms with E-state index in [1.54, 1.807) is 12.4 Å². The lowest BCUT2D eigenvalue weighted by atomic mass is 9.94. The van der Waals surface area contributed by atoms with Crippen LogP contribution in [0.4, 0.5) is 0 Å². The van der Waals surface area contributed by atoms with E-state index in [-0.39, 0.29) is 11.5 Å². The summed E-state index contributed by atoms with van der Waals surface area (Å²) in [6, 6.07) is 13.7.